The number of esters is 2. The van der Waals surface area contributed by atoms with Crippen LogP contribution in [0.2, 0.25) is 0 Å². The maximum atomic E-state index is 12.6. The second-order valence-corrected chi connectivity index (χ2v) is 14.9. The number of unbranched alkanes of at least 4 members (excludes halogenated alkanes) is 16. The van der Waals surface area contributed by atoms with Gasteiger partial charge in [0.1, 0.15) is 12.6 Å². The Kier molecular flexibility index (Phi) is 34.7. The quantitative estimate of drug-likeness (QED) is 0.0180. The van der Waals surface area contributed by atoms with Crippen molar-refractivity contribution in [2.75, 3.05) is 19.8 Å². The number of ether oxygens (including phenoxy) is 2. The number of hydrogen-bond acceptors (Lipinski definition) is 9. The first kappa shape index (κ1) is 50.4. The lowest BCUT2D eigenvalue weighted by molar-refractivity contribution is -0.161. The molecule has 3 atom stereocenters. The number of phosphoric acid groups is 1. The largest absolute Gasteiger partial charge is 0.480 e. The predicted octanol–water partition coefficient (Wildman–Crippen LogP) is 10.2. The molecule has 0 rings (SSSR count). The Morgan fingerprint density at radius 2 is 1.08 bits per heavy atom. The van der Waals surface area contributed by atoms with E-state index in [0.717, 1.165) is 83.5 Å². The molecular formula is C41H72NO10P. The number of nitrogens with two attached hydrogens (primary N) is 1. The third kappa shape index (κ3) is 36.2. The third-order valence-electron chi connectivity index (χ3n) is 8.33. The summed E-state index contributed by atoms with van der Waals surface area (Å²) in [4.78, 5) is 45.8. The van der Waals surface area contributed by atoms with Crippen LogP contribution in [0.15, 0.2) is 48.6 Å². The van der Waals surface area contributed by atoms with Gasteiger partial charge in [0.25, 0.3) is 0 Å². The van der Waals surface area contributed by atoms with E-state index in [2.05, 4.69) is 67.0 Å². The molecule has 0 radical (unpaired) electrons. The van der Waals surface area contributed by atoms with Crippen molar-refractivity contribution in [3.05, 3.63) is 48.6 Å². The van der Waals surface area contributed by atoms with E-state index >= 15 is 0 Å². The van der Waals surface area contributed by atoms with Gasteiger partial charge < -0.3 is 25.2 Å². The molecule has 0 aliphatic carbocycles. The van der Waals surface area contributed by atoms with Crippen molar-refractivity contribution in [1.29, 1.82) is 0 Å². The second-order valence-electron chi connectivity index (χ2n) is 13.4. The van der Waals surface area contributed by atoms with Crippen LogP contribution in [0.25, 0.3) is 0 Å². The highest BCUT2D eigenvalue weighted by Crippen LogP contribution is 2.43. The molecule has 1 unspecified atom stereocenters. The molecule has 11 nitrogen and oxygen atoms in total. The summed E-state index contributed by atoms with van der Waals surface area (Å²) < 4.78 is 32.6. The number of carboxylic acid groups (broad SMARTS) is 1. The lowest BCUT2D eigenvalue weighted by atomic mass is 10.1. The van der Waals surface area contributed by atoms with Gasteiger partial charge in [0.2, 0.25) is 0 Å². The van der Waals surface area contributed by atoms with Crippen molar-refractivity contribution in [2.24, 2.45) is 5.73 Å². The Labute approximate surface area is 320 Å². The highest BCUT2D eigenvalue weighted by Gasteiger charge is 2.28. The minimum atomic E-state index is -4.72. The van der Waals surface area contributed by atoms with Crippen molar-refractivity contribution >= 4 is 25.7 Å². The van der Waals surface area contributed by atoms with Crippen LogP contribution in [0.4, 0.5) is 0 Å². The summed E-state index contributed by atoms with van der Waals surface area (Å²) >= 11 is 0. The van der Waals surface area contributed by atoms with E-state index in [9.17, 15) is 23.8 Å². The summed E-state index contributed by atoms with van der Waals surface area (Å²) in [6, 6.07) is -1.53. The van der Waals surface area contributed by atoms with Gasteiger partial charge in [-0.25, -0.2) is 4.57 Å². The lowest BCUT2D eigenvalue weighted by Crippen LogP contribution is -2.34. The van der Waals surface area contributed by atoms with E-state index in [1.807, 2.05) is 0 Å². The average Bonchev–Trinajstić information content (AvgIpc) is 3.13. The fraction of sp³-hybridized carbons (Fsp3) is 0.732. The van der Waals surface area contributed by atoms with Gasteiger partial charge in [0, 0.05) is 12.8 Å². The van der Waals surface area contributed by atoms with E-state index < -0.39 is 51.1 Å². The molecule has 0 bridgehead atoms. The first-order valence-electron chi connectivity index (χ1n) is 20.2. The number of allylic oxidation sites excluding steroid dienone is 8. The van der Waals surface area contributed by atoms with Gasteiger partial charge in [-0.3, -0.25) is 23.4 Å². The van der Waals surface area contributed by atoms with E-state index in [1.165, 1.54) is 38.5 Å². The molecule has 0 amide bonds. The molecule has 12 heteroatoms. The zero-order valence-electron chi connectivity index (χ0n) is 32.8. The number of phosphoric ester groups is 1. The van der Waals surface area contributed by atoms with Gasteiger partial charge in [-0.2, -0.15) is 0 Å². The molecule has 0 saturated heterocycles. The highest BCUT2D eigenvalue weighted by molar-refractivity contribution is 7.47. The molecule has 306 valence electrons. The Balaban J connectivity index is 4.47. The SMILES string of the molecule is CCCC/C=C/C/C=C/CCCCCCCC(=O)O[C@H](COC(=O)CCCCCCC/C=C/C=C/CCCCCC)COP(=O)(O)OC[C@H](N)C(=O)O. The molecule has 0 heterocycles. The van der Waals surface area contributed by atoms with Crippen molar-refractivity contribution in [3.63, 3.8) is 0 Å². The molecule has 0 spiro atoms. The molecule has 0 aliphatic heterocycles. The number of aliphatic carboxylic acids is 1. The van der Waals surface area contributed by atoms with Gasteiger partial charge in [0.15, 0.2) is 6.10 Å². The van der Waals surface area contributed by atoms with E-state index in [4.69, 9.17) is 24.8 Å². The van der Waals surface area contributed by atoms with Crippen LogP contribution in [0.5, 0.6) is 0 Å². The van der Waals surface area contributed by atoms with Crippen LogP contribution in [0, 0.1) is 0 Å². The summed E-state index contributed by atoms with van der Waals surface area (Å²) in [6.45, 7) is 2.69. The van der Waals surface area contributed by atoms with Crippen molar-refractivity contribution in [1.82, 2.24) is 0 Å². The summed E-state index contributed by atoms with van der Waals surface area (Å²) in [5.74, 6) is -2.42. The molecule has 0 saturated carbocycles. The molecule has 0 aromatic heterocycles. The first-order chi connectivity index (χ1) is 25.6. The Morgan fingerprint density at radius 1 is 0.604 bits per heavy atom. The topological polar surface area (TPSA) is 172 Å². The molecule has 0 fully saturated rings. The van der Waals surface area contributed by atoms with Gasteiger partial charge in [0.05, 0.1) is 13.2 Å². The minimum absolute atomic E-state index is 0.140. The monoisotopic (exact) mass is 769 g/mol. The summed E-state index contributed by atoms with van der Waals surface area (Å²) in [5, 5.41) is 8.87. The van der Waals surface area contributed by atoms with Crippen LogP contribution in [0.1, 0.15) is 162 Å². The number of carbonyl (C=O) groups excluding carboxylic acids is 2. The highest BCUT2D eigenvalue weighted by atomic mass is 31.2. The zero-order chi connectivity index (χ0) is 39.3. The normalized spacial score (nSPS) is 14.3. The molecule has 0 aliphatic rings. The van der Waals surface area contributed by atoms with Crippen molar-refractivity contribution in [2.45, 2.75) is 174 Å². The molecule has 53 heavy (non-hydrogen) atoms. The van der Waals surface area contributed by atoms with E-state index in [-0.39, 0.29) is 19.4 Å². The van der Waals surface area contributed by atoms with Crippen LogP contribution < -0.4 is 5.73 Å². The van der Waals surface area contributed by atoms with Gasteiger partial charge >= 0.3 is 25.7 Å². The van der Waals surface area contributed by atoms with Crippen molar-refractivity contribution in [3.8, 4) is 0 Å². The number of carbonyl (C=O) groups is 3. The molecular weight excluding hydrogens is 697 g/mol. The molecule has 0 aromatic rings. The number of rotatable bonds is 37. The maximum absolute atomic E-state index is 12.6. The summed E-state index contributed by atoms with van der Waals surface area (Å²) in [6.07, 6.45) is 38.9. The Hall–Kier alpha value is -2.56. The zero-order valence-corrected chi connectivity index (χ0v) is 33.7. The fourth-order valence-electron chi connectivity index (χ4n) is 5.07. The van der Waals surface area contributed by atoms with Gasteiger partial charge in [-0.1, -0.05) is 133 Å². The summed E-state index contributed by atoms with van der Waals surface area (Å²) in [7, 11) is -4.72. The smallest absolute Gasteiger partial charge is 0.472 e. The molecule has 0 aromatic carbocycles. The predicted molar refractivity (Wildman–Crippen MR) is 212 cm³/mol. The van der Waals surface area contributed by atoms with Crippen LogP contribution in [-0.2, 0) is 37.5 Å². The fourth-order valence-corrected chi connectivity index (χ4v) is 5.85. The van der Waals surface area contributed by atoms with Crippen LogP contribution in [0.3, 0.4) is 0 Å². The number of carboxylic acids is 1. The van der Waals surface area contributed by atoms with E-state index in [1.54, 1.807) is 0 Å². The minimum Gasteiger partial charge on any atom is -0.480 e. The van der Waals surface area contributed by atoms with Gasteiger partial charge in [-0.15, -0.1) is 0 Å². The van der Waals surface area contributed by atoms with E-state index in [0.29, 0.717) is 12.8 Å². The van der Waals surface area contributed by atoms with Crippen LogP contribution in [-0.4, -0.2) is 59.9 Å². The standard InChI is InChI=1S/C41H72NO10P/c1-3-5-7-9-11-13-15-17-19-21-22-24-26-28-30-32-39(43)49-34-37(35-50-53(47,48)51-36-38(42)41(45)46)52-40(44)33-31-29-27-25-23-20-18-16-14-12-10-8-6-4-2/h10,12-13,15-19,37-38H,3-9,11,14,20-36,42H2,1-2H3,(H,45,46)(H,47,48)/b12-10+,15-13+,18-16+,19-17+/t37-,38+/m1/s1. The first-order valence-corrected chi connectivity index (χ1v) is 21.7. The summed E-state index contributed by atoms with van der Waals surface area (Å²) in [5.41, 5.74) is 5.32. The van der Waals surface area contributed by atoms with Crippen LogP contribution >= 0.6 is 7.82 Å². The van der Waals surface area contributed by atoms with Gasteiger partial charge in [-0.05, 0) is 64.2 Å². The third-order valence-corrected chi connectivity index (χ3v) is 9.28. The Bertz CT molecular complexity index is 1090. The Morgan fingerprint density at radius 3 is 1.64 bits per heavy atom. The molecule has 4 N–H and O–H groups in total. The number of hydrogen-bond donors (Lipinski definition) is 3. The lowest BCUT2D eigenvalue weighted by Gasteiger charge is -2.20. The maximum Gasteiger partial charge on any atom is 0.472 e. The van der Waals surface area contributed by atoms with Crippen molar-refractivity contribution < 1.29 is 47.5 Å². The second kappa shape index (κ2) is 36.4. The average molecular weight is 770 g/mol.